The van der Waals surface area contributed by atoms with Gasteiger partial charge in [-0.25, -0.2) is 4.98 Å². The summed E-state index contributed by atoms with van der Waals surface area (Å²) in [5.74, 6) is 0.660. The zero-order valence-electron chi connectivity index (χ0n) is 15.7. The summed E-state index contributed by atoms with van der Waals surface area (Å²) >= 11 is 6.46. The van der Waals surface area contributed by atoms with Crippen LogP contribution in [-0.2, 0) is 10.8 Å². The number of benzene rings is 1. The molecule has 0 saturated carbocycles. The van der Waals surface area contributed by atoms with Crippen LogP contribution in [0, 0.1) is 18.3 Å². The maximum Gasteiger partial charge on any atom is 0.137 e. The topological polar surface area (TPSA) is 97.6 Å². The van der Waals surface area contributed by atoms with Crippen LogP contribution in [-0.4, -0.2) is 25.0 Å². The Bertz CT molecular complexity index is 1320. The number of rotatable bonds is 3. The highest BCUT2D eigenvalue weighted by Gasteiger charge is 2.18. The zero-order chi connectivity index (χ0) is 20.7. The van der Waals surface area contributed by atoms with Crippen molar-refractivity contribution in [2.24, 2.45) is 0 Å². The molecule has 0 amide bonds. The predicted octanol–water partition coefficient (Wildman–Crippen LogP) is 4.24. The molecule has 0 bridgehead atoms. The standard InChI is InChI=1S/C21H16ClN5OS/c1-12-5-19-15(6-13(12)7-23)17(16-9-25-10-18(24)21(16)22)11-27(19)20-4-3-14(8-26-20)29(2)28/h3-6,8-11H,24H2,1-2H3. The maximum absolute atomic E-state index is 11.7. The molecule has 2 N–H and O–H groups in total. The van der Waals surface area contributed by atoms with Crippen molar-refractivity contribution in [1.29, 1.82) is 5.26 Å². The van der Waals surface area contributed by atoms with Gasteiger partial charge in [0.25, 0.3) is 0 Å². The third kappa shape index (κ3) is 3.27. The Morgan fingerprint density at radius 3 is 2.66 bits per heavy atom. The summed E-state index contributed by atoms with van der Waals surface area (Å²) in [7, 11) is -1.11. The number of nitrogens with two attached hydrogens (primary N) is 1. The monoisotopic (exact) mass is 421 g/mol. The third-order valence-electron chi connectivity index (χ3n) is 4.77. The number of pyridine rings is 2. The number of hydrogen-bond acceptors (Lipinski definition) is 5. The molecule has 0 saturated heterocycles. The van der Waals surface area contributed by atoms with Crippen molar-refractivity contribution in [3.8, 4) is 23.0 Å². The summed E-state index contributed by atoms with van der Waals surface area (Å²) < 4.78 is 13.6. The van der Waals surface area contributed by atoms with Gasteiger partial charge in [-0.3, -0.25) is 9.19 Å². The summed E-state index contributed by atoms with van der Waals surface area (Å²) in [6.45, 7) is 1.89. The van der Waals surface area contributed by atoms with Gasteiger partial charge in [-0.2, -0.15) is 5.26 Å². The molecule has 1 atom stereocenters. The maximum atomic E-state index is 11.7. The summed E-state index contributed by atoms with van der Waals surface area (Å²) in [5, 5.41) is 10.7. The molecule has 3 aromatic heterocycles. The number of hydrogen-bond donors (Lipinski definition) is 1. The summed E-state index contributed by atoms with van der Waals surface area (Å²) in [4.78, 5) is 9.29. The molecular weight excluding hydrogens is 406 g/mol. The third-order valence-corrected chi connectivity index (χ3v) is 6.10. The van der Waals surface area contributed by atoms with E-state index in [1.54, 1.807) is 24.7 Å². The number of fused-ring (bicyclic) bond motifs is 1. The molecule has 4 aromatic rings. The zero-order valence-corrected chi connectivity index (χ0v) is 17.3. The largest absolute Gasteiger partial charge is 0.396 e. The molecule has 8 heteroatoms. The summed E-state index contributed by atoms with van der Waals surface area (Å²) in [6.07, 6.45) is 8.27. The summed E-state index contributed by atoms with van der Waals surface area (Å²) in [6, 6.07) is 9.61. The second-order valence-corrected chi connectivity index (χ2v) is 8.36. The van der Waals surface area contributed by atoms with Crippen LogP contribution in [0.3, 0.4) is 0 Å². The number of nitrogens with zero attached hydrogens (tertiary/aromatic N) is 4. The van der Waals surface area contributed by atoms with Crippen LogP contribution in [0.5, 0.6) is 0 Å². The van der Waals surface area contributed by atoms with Crippen molar-refractivity contribution in [2.75, 3.05) is 12.0 Å². The van der Waals surface area contributed by atoms with Crippen LogP contribution in [0.25, 0.3) is 27.8 Å². The predicted molar refractivity (Wildman–Crippen MR) is 116 cm³/mol. The fraction of sp³-hybridized carbons (Fsp3) is 0.0952. The van der Waals surface area contributed by atoms with Gasteiger partial charge < -0.3 is 10.3 Å². The molecule has 1 unspecified atom stereocenters. The van der Waals surface area contributed by atoms with Crippen LogP contribution in [0.2, 0.25) is 5.02 Å². The Kier molecular flexibility index (Phi) is 4.82. The molecule has 0 fully saturated rings. The van der Waals surface area contributed by atoms with Crippen molar-refractivity contribution >= 4 is 39.0 Å². The molecule has 4 rings (SSSR count). The normalized spacial score (nSPS) is 12.1. The Morgan fingerprint density at radius 1 is 1.21 bits per heavy atom. The molecular formula is C21H16ClN5OS. The van der Waals surface area contributed by atoms with Crippen molar-refractivity contribution in [3.05, 3.63) is 65.2 Å². The van der Waals surface area contributed by atoms with Gasteiger partial charge in [0.2, 0.25) is 0 Å². The first-order chi connectivity index (χ1) is 13.9. The van der Waals surface area contributed by atoms with Gasteiger partial charge in [0.05, 0.1) is 49.8 Å². The van der Waals surface area contributed by atoms with E-state index in [9.17, 15) is 9.47 Å². The molecule has 3 heterocycles. The molecule has 0 aliphatic rings. The number of nitrogen functional groups attached to an aromatic ring is 1. The van der Waals surface area contributed by atoms with Crippen molar-refractivity contribution in [2.45, 2.75) is 11.8 Å². The lowest BCUT2D eigenvalue weighted by Crippen LogP contribution is -1.98. The number of aryl methyl sites for hydroxylation is 1. The molecule has 0 aliphatic heterocycles. The molecule has 1 aromatic carbocycles. The lowest BCUT2D eigenvalue weighted by molar-refractivity contribution is 0.686. The van der Waals surface area contributed by atoms with Gasteiger partial charge in [0, 0.05) is 41.4 Å². The van der Waals surface area contributed by atoms with E-state index in [0.717, 1.165) is 22.0 Å². The van der Waals surface area contributed by atoms with Crippen LogP contribution < -0.4 is 5.73 Å². The Labute approximate surface area is 175 Å². The smallest absolute Gasteiger partial charge is 0.137 e. The van der Waals surface area contributed by atoms with Crippen molar-refractivity contribution in [1.82, 2.24) is 14.5 Å². The molecule has 6 nitrogen and oxygen atoms in total. The number of halogens is 1. The first kappa shape index (κ1) is 19.1. The van der Waals surface area contributed by atoms with Gasteiger partial charge >= 0.3 is 0 Å². The first-order valence-electron chi connectivity index (χ1n) is 8.65. The van der Waals surface area contributed by atoms with E-state index in [4.69, 9.17) is 17.3 Å². The highest BCUT2D eigenvalue weighted by molar-refractivity contribution is 7.84. The van der Waals surface area contributed by atoms with Crippen LogP contribution in [0.4, 0.5) is 5.69 Å². The van der Waals surface area contributed by atoms with E-state index in [0.29, 0.717) is 32.6 Å². The lowest BCUT2D eigenvalue weighted by atomic mass is 10.0. The molecule has 0 radical (unpaired) electrons. The van der Waals surface area contributed by atoms with Gasteiger partial charge in [-0.1, -0.05) is 11.6 Å². The highest BCUT2D eigenvalue weighted by Crippen LogP contribution is 2.38. The van der Waals surface area contributed by atoms with E-state index in [1.165, 1.54) is 6.20 Å². The van der Waals surface area contributed by atoms with Crippen LogP contribution >= 0.6 is 11.6 Å². The number of anilines is 1. The Hall–Kier alpha value is -3.21. The fourth-order valence-electron chi connectivity index (χ4n) is 3.23. The van der Waals surface area contributed by atoms with Gasteiger partial charge in [0.1, 0.15) is 5.82 Å². The summed E-state index contributed by atoms with van der Waals surface area (Å²) in [5.41, 5.74) is 10.1. The van der Waals surface area contributed by atoms with Gasteiger partial charge in [-0.05, 0) is 36.8 Å². The van der Waals surface area contributed by atoms with Gasteiger partial charge in [0.15, 0.2) is 0 Å². The van der Waals surface area contributed by atoms with Crippen molar-refractivity contribution in [3.63, 3.8) is 0 Å². The number of nitriles is 1. The van der Waals surface area contributed by atoms with E-state index < -0.39 is 10.8 Å². The molecule has 0 aliphatic carbocycles. The lowest BCUT2D eigenvalue weighted by Gasteiger charge is -2.06. The SMILES string of the molecule is Cc1cc2c(cc1C#N)c(-c1cncc(N)c1Cl)cn2-c1ccc(S(C)=O)cn1. The second kappa shape index (κ2) is 7.32. The Morgan fingerprint density at radius 2 is 2.00 bits per heavy atom. The van der Waals surface area contributed by atoms with E-state index in [1.807, 2.05) is 35.9 Å². The van der Waals surface area contributed by atoms with Gasteiger partial charge in [-0.15, -0.1) is 0 Å². The van der Waals surface area contributed by atoms with Crippen LogP contribution in [0.1, 0.15) is 11.1 Å². The molecule has 144 valence electrons. The minimum absolute atomic E-state index is 0.380. The number of aromatic nitrogens is 3. The average Bonchev–Trinajstić information content (AvgIpc) is 3.07. The quantitative estimate of drug-likeness (QED) is 0.533. The second-order valence-electron chi connectivity index (χ2n) is 6.61. The van der Waals surface area contributed by atoms with E-state index >= 15 is 0 Å². The van der Waals surface area contributed by atoms with Crippen LogP contribution in [0.15, 0.2) is 53.9 Å². The van der Waals surface area contributed by atoms with Crippen molar-refractivity contribution < 1.29 is 4.21 Å². The first-order valence-corrected chi connectivity index (χ1v) is 10.6. The van der Waals surface area contributed by atoms with E-state index in [-0.39, 0.29) is 0 Å². The fourth-order valence-corrected chi connectivity index (χ4v) is 3.89. The molecule has 0 spiro atoms. The van der Waals surface area contributed by atoms with E-state index in [2.05, 4.69) is 16.0 Å². The minimum Gasteiger partial charge on any atom is -0.396 e. The average molecular weight is 422 g/mol. The minimum atomic E-state index is -1.11. The highest BCUT2D eigenvalue weighted by atomic mass is 35.5. The molecule has 29 heavy (non-hydrogen) atoms. The Balaban J connectivity index is 2.03.